The molecule has 0 aliphatic rings. The van der Waals surface area contributed by atoms with Gasteiger partial charge in [0.05, 0.1) is 16.6 Å². The monoisotopic (exact) mass is 333 g/mol. The number of hydrogen-bond acceptors (Lipinski definition) is 4. The Morgan fingerprint density at radius 2 is 1.76 bits per heavy atom. The van der Waals surface area contributed by atoms with Gasteiger partial charge < -0.3 is 4.57 Å². The number of rotatable bonds is 2. The number of para-hydroxylation sites is 2. The van der Waals surface area contributed by atoms with Gasteiger partial charge in [-0.15, -0.1) is 0 Å². The second kappa shape index (κ2) is 5.57. The molecule has 7 heteroatoms. The number of aromatic nitrogens is 3. The molecule has 0 bridgehead atoms. The number of hydrogen-bond donors (Lipinski definition) is 2. The molecule has 0 atom stereocenters. The van der Waals surface area contributed by atoms with Crippen molar-refractivity contribution < 1.29 is 4.79 Å². The van der Waals surface area contributed by atoms with Crippen LogP contribution in [0.15, 0.2) is 59.4 Å². The van der Waals surface area contributed by atoms with Crippen LogP contribution in [0, 0.1) is 0 Å². The van der Waals surface area contributed by atoms with E-state index in [9.17, 15) is 9.59 Å². The average Bonchev–Trinajstić information content (AvgIpc) is 2.96. The Bertz CT molecular complexity index is 1170. The number of fused-ring (bicyclic) bond motifs is 3. The highest BCUT2D eigenvalue weighted by Crippen LogP contribution is 2.27. The fourth-order valence-electron chi connectivity index (χ4n) is 3.15. The van der Waals surface area contributed by atoms with Crippen LogP contribution in [-0.4, -0.2) is 20.3 Å². The molecule has 2 aromatic carbocycles. The fraction of sp³-hybridized carbons (Fsp3) is 0.0556. The molecule has 0 aliphatic heterocycles. The summed E-state index contributed by atoms with van der Waals surface area (Å²) in [5.74, 6) is 4.78. The number of nitrogen functional groups attached to an aromatic ring is 1. The smallest absolute Gasteiger partial charge is 0.287 e. The van der Waals surface area contributed by atoms with Crippen LogP contribution in [0.3, 0.4) is 0 Å². The van der Waals surface area contributed by atoms with Crippen molar-refractivity contribution in [1.82, 2.24) is 19.8 Å². The van der Waals surface area contributed by atoms with Crippen LogP contribution in [0.25, 0.3) is 27.5 Å². The Balaban J connectivity index is 2.24. The molecule has 0 fully saturated rings. The summed E-state index contributed by atoms with van der Waals surface area (Å²) in [5, 5.41) is 5.50. The summed E-state index contributed by atoms with van der Waals surface area (Å²) in [4.78, 5) is 25.5. The van der Waals surface area contributed by atoms with E-state index in [1.165, 1.54) is 4.68 Å². The summed E-state index contributed by atoms with van der Waals surface area (Å²) in [6.07, 6.45) is 0. The summed E-state index contributed by atoms with van der Waals surface area (Å²) in [6, 6.07) is 16.5. The van der Waals surface area contributed by atoms with E-state index in [1.54, 1.807) is 35.9 Å². The standard InChI is InChI=1S/C18H15N5O2/c1-22-13-10-6-5-9-12(13)14-16(22)15(17(24)20-19)21-23(18(14)25)11-7-3-2-4-8-11/h2-10H,19H2,1H3,(H,20,24). The Hall–Kier alpha value is -3.45. The van der Waals surface area contributed by atoms with Gasteiger partial charge in [0.25, 0.3) is 11.5 Å². The minimum absolute atomic E-state index is 0.0969. The van der Waals surface area contributed by atoms with Gasteiger partial charge in [0.2, 0.25) is 0 Å². The lowest BCUT2D eigenvalue weighted by atomic mass is 10.2. The Morgan fingerprint density at radius 1 is 1.08 bits per heavy atom. The number of hydrazine groups is 1. The summed E-state index contributed by atoms with van der Waals surface area (Å²) in [6.45, 7) is 0. The zero-order chi connectivity index (χ0) is 17.6. The van der Waals surface area contributed by atoms with Gasteiger partial charge in [-0.3, -0.25) is 15.0 Å². The molecule has 124 valence electrons. The first kappa shape index (κ1) is 15.1. The van der Waals surface area contributed by atoms with E-state index < -0.39 is 5.91 Å². The van der Waals surface area contributed by atoms with Crippen molar-refractivity contribution in [3.05, 3.63) is 70.6 Å². The van der Waals surface area contributed by atoms with Gasteiger partial charge in [-0.1, -0.05) is 36.4 Å². The molecular formula is C18H15N5O2. The van der Waals surface area contributed by atoms with Crippen LogP contribution in [0.5, 0.6) is 0 Å². The van der Waals surface area contributed by atoms with Crippen LogP contribution in [0.4, 0.5) is 0 Å². The van der Waals surface area contributed by atoms with Gasteiger partial charge in [-0.2, -0.15) is 9.78 Å². The van der Waals surface area contributed by atoms with E-state index in [0.717, 1.165) is 10.9 Å². The second-order valence-corrected chi connectivity index (χ2v) is 5.67. The van der Waals surface area contributed by atoms with E-state index in [4.69, 9.17) is 5.84 Å². The van der Waals surface area contributed by atoms with Crippen molar-refractivity contribution in [2.24, 2.45) is 12.9 Å². The van der Waals surface area contributed by atoms with Gasteiger partial charge in [0.15, 0.2) is 5.69 Å². The van der Waals surface area contributed by atoms with E-state index in [2.05, 4.69) is 10.5 Å². The third kappa shape index (κ3) is 2.14. The van der Waals surface area contributed by atoms with Crippen molar-refractivity contribution in [3.63, 3.8) is 0 Å². The van der Waals surface area contributed by atoms with Crippen molar-refractivity contribution in [3.8, 4) is 5.69 Å². The van der Waals surface area contributed by atoms with E-state index >= 15 is 0 Å². The highest BCUT2D eigenvalue weighted by Gasteiger charge is 2.22. The van der Waals surface area contributed by atoms with Gasteiger partial charge >= 0.3 is 0 Å². The lowest BCUT2D eigenvalue weighted by molar-refractivity contribution is 0.0948. The first-order valence-electron chi connectivity index (χ1n) is 7.70. The minimum atomic E-state index is -0.555. The van der Waals surface area contributed by atoms with Crippen molar-refractivity contribution in [2.75, 3.05) is 0 Å². The number of carbonyl (C=O) groups is 1. The molecule has 7 nitrogen and oxygen atoms in total. The van der Waals surface area contributed by atoms with Crippen molar-refractivity contribution >= 4 is 27.7 Å². The normalized spacial score (nSPS) is 11.1. The highest BCUT2D eigenvalue weighted by atomic mass is 16.2. The van der Waals surface area contributed by atoms with Crippen LogP contribution in [0.2, 0.25) is 0 Å². The number of aryl methyl sites for hydroxylation is 1. The van der Waals surface area contributed by atoms with Crippen LogP contribution in [-0.2, 0) is 7.05 Å². The van der Waals surface area contributed by atoms with Crippen LogP contribution in [0.1, 0.15) is 10.5 Å². The second-order valence-electron chi connectivity index (χ2n) is 5.67. The summed E-state index contributed by atoms with van der Waals surface area (Å²) >= 11 is 0. The zero-order valence-corrected chi connectivity index (χ0v) is 13.4. The summed E-state index contributed by atoms with van der Waals surface area (Å²) < 4.78 is 3.03. The number of nitrogens with two attached hydrogens (primary N) is 1. The van der Waals surface area contributed by atoms with Crippen molar-refractivity contribution in [1.29, 1.82) is 0 Å². The maximum absolute atomic E-state index is 13.1. The molecule has 3 N–H and O–H groups in total. The lowest BCUT2D eigenvalue weighted by Crippen LogP contribution is -2.34. The largest absolute Gasteiger partial charge is 0.341 e. The predicted octanol–water partition coefficient (Wildman–Crippen LogP) is 1.48. The van der Waals surface area contributed by atoms with Gasteiger partial charge in [0, 0.05) is 18.0 Å². The SMILES string of the molecule is Cn1c2ccccc2c2c(=O)n(-c3ccccc3)nc(C(=O)NN)c21. The molecule has 0 spiro atoms. The van der Waals surface area contributed by atoms with Gasteiger partial charge in [-0.05, 0) is 18.2 Å². The lowest BCUT2D eigenvalue weighted by Gasteiger charge is -2.09. The molecule has 2 aromatic heterocycles. The van der Waals surface area contributed by atoms with E-state index in [1.807, 2.05) is 30.3 Å². The molecular weight excluding hydrogens is 318 g/mol. The molecule has 4 aromatic rings. The molecule has 0 radical (unpaired) electrons. The Kier molecular flexibility index (Phi) is 3.36. The molecule has 0 saturated carbocycles. The van der Waals surface area contributed by atoms with Gasteiger partial charge in [0.1, 0.15) is 0 Å². The van der Waals surface area contributed by atoms with E-state index in [-0.39, 0.29) is 11.3 Å². The topological polar surface area (TPSA) is 94.9 Å². The Labute approximate surface area is 142 Å². The highest BCUT2D eigenvalue weighted by molar-refractivity contribution is 6.14. The summed E-state index contributed by atoms with van der Waals surface area (Å²) in [7, 11) is 1.80. The number of benzene rings is 2. The Morgan fingerprint density at radius 3 is 2.48 bits per heavy atom. The average molecular weight is 333 g/mol. The molecule has 25 heavy (non-hydrogen) atoms. The first-order chi connectivity index (χ1) is 12.1. The molecule has 0 saturated heterocycles. The number of nitrogens with one attached hydrogen (secondary N) is 1. The third-order valence-corrected chi connectivity index (χ3v) is 4.28. The predicted molar refractivity (Wildman–Crippen MR) is 95.5 cm³/mol. The molecule has 1 amide bonds. The van der Waals surface area contributed by atoms with Crippen LogP contribution < -0.4 is 16.8 Å². The molecule has 0 unspecified atom stereocenters. The molecule has 4 rings (SSSR count). The zero-order valence-electron chi connectivity index (χ0n) is 13.4. The number of carbonyl (C=O) groups excluding carboxylic acids is 1. The maximum Gasteiger partial charge on any atom is 0.287 e. The summed E-state index contributed by atoms with van der Waals surface area (Å²) in [5.41, 5.74) is 3.80. The number of amides is 1. The fourth-order valence-corrected chi connectivity index (χ4v) is 3.15. The van der Waals surface area contributed by atoms with Crippen molar-refractivity contribution in [2.45, 2.75) is 0 Å². The maximum atomic E-state index is 13.1. The minimum Gasteiger partial charge on any atom is -0.341 e. The van der Waals surface area contributed by atoms with Crippen LogP contribution >= 0.6 is 0 Å². The van der Waals surface area contributed by atoms with Gasteiger partial charge in [-0.25, -0.2) is 5.84 Å². The molecule has 2 heterocycles. The molecule has 0 aliphatic carbocycles. The quantitative estimate of drug-likeness (QED) is 0.330. The third-order valence-electron chi connectivity index (χ3n) is 4.28. The number of nitrogens with zero attached hydrogens (tertiary/aromatic N) is 3. The first-order valence-corrected chi connectivity index (χ1v) is 7.70. The van der Waals surface area contributed by atoms with E-state index in [0.29, 0.717) is 16.6 Å².